The van der Waals surface area contributed by atoms with E-state index >= 15 is 0 Å². The highest BCUT2D eigenvalue weighted by Gasteiger charge is 2.30. The van der Waals surface area contributed by atoms with Crippen molar-refractivity contribution < 1.29 is 14.0 Å². The van der Waals surface area contributed by atoms with Gasteiger partial charge in [0.1, 0.15) is 16.1 Å². The fourth-order valence-corrected chi connectivity index (χ4v) is 6.07. The molecule has 4 heterocycles. The van der Waals surface area contributed by atoms with E-state index in [2.05, 4.69) is 38.9 Å². The zero-order valence-electron chi connectivity index (χ0n) is 21.6. The average molecular weight is 579 g/mol. The van der Waals surface area contributed by atoms with Crippen molar-refractivity contribution in [1.29, 1.82) is 0 Å². The third-order valence-corrected chi connectivity index (χ3v) is 8.17. The van der Waals surface area contributed by atoms with Crippen LogP contribution in [-0.2, 0) is 13.1 Å². The molecule has 0 aromatic carbocycles. The molecule has 1 fully saturated rings. The Labute approximate surface area is 237 Å². The summed E-state index contributed by atoms with van der Waals surface area (Å²) in [6, 6.07) is 7.73. The van der Waals surface area contributed by atoms with Crippen molar-refractivity contribution in [3.63, 3.8) is 0 Å². The molecule has 2 N–H and O–H groups in total. The van der Waals surface area contributed by atoms with Gasteiger partial charge in [0.15, 0.2) is 0 Å². The molecule has 3 aromatic heterocycles. The maximum Gasteiger partial charge on any atom is 0.318 e. The van der Waals surface area contributed by atoms with Crippen molar-refractivity contribution in [3.8, 4) is 0 Å². The van der Waals surface area contributed by atoms with Crippen LogP contribution >= 0.6 is 34.5 Å². The van der Waals surface area contributed by atoms with Gasteiger partial charge in [-0.2, -0.15) is 11.3 Å². The van der Waals surface area contributed by atoms with Gasteiger partial charge in [-0.1, -0.05) is 23.2 Å². The van der Waals surface area contributed by atoms with Crippen LogP contribution in [0.2, 0.25) is 10.3 Å². The van der Waals surface area contributed by atoms with Crippen molar-refractivity contribution in [3.05, 3.63) is 74.0 Å². The molecule has 1 unspecified atom stereocenters. The van der Waals surface area contributed by atoms with Crippen molar-refractivity contribution in [2.45, 2.75) is 58.3 Å². The van der Waals surface area contributed by atoms with Crippen LogP contribution in [0, 0.1) is 6.92 Å². The Hall–Kier alpha value is -2.59. The second-order valence-corrected chi connectivity index (χ2v) is 11.1. The summed E-state index contributed by atoms with van der Waals surface area (Å²) >= 11 is 13.7. The lowest BCUT2D eigenvalue weighted by Gasteiger charge is -2.40. The van der Waals surface area contributed by atoms with Crippen LogP contribution in [0.25, 0.3) is 0 Å². The maximum absolute atomic E-state index is 13.2. The molecule has 3 aromatic rings. The second kappa shape index (κ2) is 13.5. The number of carbonyl (C=O) groups excluding carboxylic acids is 2. The van der Waals surface area contributed by atoms with Crippen LogP contribution in [0.3, 0.4) is 0 Å². The van der Waals surface area contributed by atoms with E-state index in [1.807, 2.05) is 22.4 Å². The van der Waals surface area contributed by atoms with E-state index in [-0.39, 0.29) is 34.3 Å². The number of nitrogens with one attached hydrogen (secondary N) is 2. The number of nitrogens with zero attached hydrogens (tertiary/aromatic N) is 3. The number of halogens is 2. The smallest absolute Gasteiger partial charge is 0.318 e. The molecule has 38 heavy (non-hydrogen) atoms. The molecule has 0 radical (unpaired) electrons. The number of pyridine rings is 1. The Balaban J connectivity index is 1.27. The first-order chi connectivity index (χ1) is 18.3. The first kappa shape index (κ1) is 28.4. The van der Waals surface area contributed by atoms with E-state index in [4.69, 9.17) is 27.6 Å². The molecule has 1 aliphatic heterocycles. The fourth-order valence-electron chi connectivity index (χ4n) is 4.80. The molecule has 1 atom stereocenters. The van der Waals surface area contributed by atoms with Crippen LogP contribution in [0.1, 0.15) is 53.4 Å². The number of aryl methyl sites for hydroxylation is 1. The standard InChI is InChI=1S/C27H33Cl2N5O3S/c1-18-14-23(28)32-25(29)24(18)26(35)30-9-5-19(2)33-10-6-21(7-11-33)34(16-20-8-13-38-17-20)27(36)31-15-22-4-3-12-37-22/h3-4,8,12-14,17,19,21H,5-7,9-11,15-16H2,1-2H3,(H,30,35)(H,31,36). The van der Waals surface area contributed by atoms with Gasteiger partial charge in [-0.25, -0.2) is 9.78 Å². The highest BCUT2D eigenvalue weighted by atomic mass is 35.5. The van der Waals surface area contributed by atoms with E-state index in [0.717, 1.165) is 43.7 Å². The highest BCUT2D eigenvalue weighted by Crippen LogP contribution is 2.23. The van der Waals surface area contributed by atoms with E-state index < -0.39 is 0 Å². The van der Waals surface area contributed by atoms with Crippen LogP contribution in [0.4, 0.5) is 4.79 Å². The normalized spacial score (nSPS) is 15.3. The highest BCUT2D eigenvalue weighted by molar-refractivity contribution is 7.07. The van der Waals surface area contributed by atoms with Gasteiger partial charge in [-0.05, 0) is 79.3 Å². The quantitative estimate of drug-likeness (QED) is 0.300. The molecule has 3 amide bonds. The number of piperidine rings is 1. The lowest BCUT2D eigenvalue weighted by Crippen LogP contribution is -2.51. The van der Waals surface area contributed by atoms with Crippen molar-refractivity contribution in [1.82, 2.24) is 25.4 Å². The molecule has 0 spiro atoms. The topological polar surface area (TPSA) is 90.7 Å². The zero-order chi connectivity index (χ0) is 27.1. The molecule has 204 valence electrons. The Morgan fingerprint density at radius 2 is 2.05 bits per heavy atom. The number of urea groups is 1. The van der Waals surface area contributed by atoms with E-state index in [1.54, 1.807) is 30.6 Å². The predicted molar refractivity (Wildman–Crippen MR) is 151 cm³/mol. The Morgan fingerprint density at radius 3 is 2.71 bits per heavy atom. The molecule has 0 aliphatic carbocycles. The first-order valence-electron chi connectivity index (χ1n) is 12.7. The number of aromatic nitrogens is 1. The summed E-state index contributed by atoms with van der Waals surface area (Å²) in [6.45, 7) is 7.21. The van der Waals surface area contributed by atoms with Crippen molar-refractivity contribution in [2.75, 3.05) is 19.6 Å². The summed E-state index contributed by atoms with van der Waals surface area (Å²) in [5, 5.41) is 10.5. The molecule has 8 nitrogen and oxygen atoms in total. The Morgan fingerprint density at radius 1 is 1.26 bits per heavy atom. The summed E-state index contributed by atoms with van der Waals surface area (Å²) in [4.78, 5) is 34.2. The average Bonchev–Trinajstić information content (AvgIpc) is 3.60. The summed E-state index contributed by atoms with van der Waals surface area (Å²) in [6.07, 6.45) is 4.19. The van der Waals surface area contributed by atoms with Crippen LogP contribution in [0.15, 0.2) is 45.7 Å². The third-order valence-electron chi connectivity index (χ3n) is 6.97. The van der Waals surface area contributed by atoms with Gasteiger partial charge in [0.25, 0.3) is 5.91 Å². The molecule has 1 saturated heterocycles. The van der Waals surface area contributed by atoms with Gasteiger partial charge in [0, 0.05) is 38.3 Å². The number of carbonyl (C=O) groups is 2. The van der Waals surface area contributed by atoms with Gasteiger partial charge in [-0.15, -0.1) is 0 Å². The lowest BCUT2D eigenvalue weighted by atomic mass is 10.0. The minimum atomic E-state index is -0.243. The molecular formula is C27H33Cl2N5O3S. The van der Waals surface area contributed by atoms with Crippen LogP contribution in [0.5, 0.6) is 0 Å². The largest absolute Gasteiger partial charge is 0.467 e. The maximum atomic E-state index is 13.2. The van der Waals surface area contributed by atoms with E-state index in [0.29, 0.717) is 30.8 Å². The van der Waals surface area contributed by atoms with Gasteiger partial charge in [0.2, 0.25) is 0 Å². The molecule has 4 rings (SSSR count). The third kappa shape index (κ3) is 7.50. The number of likely N-dealkylation sites (tertiary alicyclic amines) is 1. The monoisotopic (exact) mass is 577 g/mol. The van der Waals surface area contributed by atoms with Crippen molar-refractivity contribution >= 4 is 46.5 Å². The van der Waals surface area contributed by atoms with E-state index in [1.165, 1.54) is 0 Å². The number of hydrogen-bond donors (Lipinski definition) is 2. The van der Waals surface area contributed by atoms with Crippen LogP contribution in [-0.4, -0.2) is 58.4 Å². The molecule has 11 heteroatoms. The summed E-state index contributed by atoms with van der Waals surface area (Å²) in [7, 11) is 0. The molecular weight excluding hydrogens is 545 g/mol. The summed E-state index contributed by atoms with van der Waals surface area (Å²) in [5.74, 6) is 0.488. The lowest BCUT2D eigenvalue weighted by molar-refractivity contribution is 0.0903. The first-order valence-corrected chi connectivity index (χ1v) is 14.4. The minimum absolute atomic E-state index is 0.0764. The minimum Gasteiger partial charge on any atom is -0.467 e. The number of furan rings is 1. The van der Waals surface area contributed by atoms with E-state index in [9.17, 15) is 9.59 Å². The predicted octanol–water partition coefficient (Wildman–Crippen LogP) is 5.74. The van der Waals surface area contributed by atoms with Crippen LogP contribution < -0.4 is 10.6 Å². The van der Waals surface area contributed by atoms with Gasteiger partial charge in [-0.3, -0.25) is 4.79 Å². The molecule has 0 bridgehead atoms. The summed E-state index contributed by atoms with van der Waals surface area (Å²) in [5.41, 5.74) is 2.20. The van der Waals surface area contributed by atoms with Gasteiger partial charge < -0.3 is 24.9 Å². The SMILES string of the molecule is Cc1cc(Cl)nc(Cl)c1C(=O)NCCC(C)N1CCC(N(Cc2ccsc2)C(=O)NCc2ccco2)CC1. The Bertz CT molecular complexity index is 1170. The number of thiophene rings is 1. The van der Waals surface area contributed by atoms with Gasteiger partial charge in [0.05, 0.1) is 18.4 Å². The Kier molecular flexibility index (Phi) is 10.1. The fraction of sp³-hybridized carbons (Fsp3) is 0.444. The number of hydrogen-bond acceptors (Lipinski definition) is 6. The number of rotatable bonds is 10. The van der Waals surface area contributed by atoms with Crippen molar-refractivity contribution in [2.24, 2.45) is 0 Å². The number of amides is 3. The van der Waals surface area contributed by atoms with Gasteiger partial charge >= 0.3 is 6.03 Å². The zero-order valence-corrected chi connectivity index (χ0v) is 23.9. The molecule has 0 saturated carbocycles. The second-order valence-electron chi connectivity index (χ2n) is 9.59. The summed E-state index contributed by atoms with van der Waals surface area (Å²) < 4.78 is 5.36. The molecule has 1 aliphatic rings.